The van der Waals surface area contributed by atoms with E-state index >= 15 is 0 Å². The van der Waals surface area contributed by atoms with Crippen LogP contribution < -0.4 is 0 Å². The number of rotatable bonds is 3. The molecule has 3 N–H and O–H groups in total. The van der Waals surface area contributed by atoms with E-state index in [4.69, 9.17) is 0 Å². The van der Waals surface area contributed by atoms with Crippen LogP contribution in [-0.2, 0) is 19.1 Å². The molecule has 0 radical (unpaired) electrons. The molecule has 0 bridgehead atoms. The highest BCUT2D eigenvalue weighted by atomic mass is 19.4. The maximum Gasteiger partial charge on any atom is 0.491 e. The van der Waals surface area contributed by atoms with Gasteiger partial charge in [-0.3, -0.25) is 9.59 Å². The SMILES string of the molecule is C[C@]12CCC(=O)C=C1CC[C@@H]1[C@@H]2C(O)C[C@@]2(C)[C@H]1CC[C@]2(O)C(=O)C(O)OC(=O)C(F)(F)F. The van der Waals surface area contributed by atoms with Gasteiger partial charge in [0, 0.05) is 11.8 Å². The van der Waals surface area contributed by atoms with E-state index in [1.165, 1.54) is 0 Å². The van der Waals surface area contributed by atoms with E-state index in [0.717, 1.165) is 5.57 Å². The van der Waals surface area contributed by atoms with Crippen molar-refractivity contribution in [2.45, 2.75) is 83.0 Å². The summed E-state index contributed by atoms with van der Waals surface area (Å²) < 4.78 is 41.4. The number of halogens is 3. The van der Waals surface area contributed by atoms with Gasteiger partial charge in [-0.05, 0) is 67.8 Å². The summed E-state index contributed by atoms with van der Waals surface area (Å²) in [7, 11) is 0. The summed E-state index contributed by atoms with van der Waals surface area (Å²) in [5, 5.41) is 32.6. The fourth-order valence-corrected chi connectivity index (χ4v) is 7.52. The zero-order valence-electron chi connectivity index (χ0n) is 18.5. The molecule has 4 aliphatic carbocycles. The highest BCUT2D eigenvalue weighted by Crippen LogP contribution is 2.67. The van der Waals surface area contributed by atoms with Crippen molar-refractivity contribution in [3.63, 3.8) is 0 Å². The van der Waals surface area contributed by atoms with Gasteiger partial charge in [-0.1, -0.05) is 19.4 Å². The van der Waals surface area contributed by atoms with E-state index < -0.39 is 41.3 Å². The molecule has 0 heterocycles. The number of esters is 1. The van der Waals surface area contributed by atoms with Gasteiger partial charge in [0.05, 0.1) is 6.10 Å². The number of ketones is 2. The summed E-state index contributed by atoms with van der Waals surface area (Å²) in [6.45, 7) is 3.65. The topological polar surface area (TPSA) is 121 Å². The van der Waals surface area contributed by atoms with Crippen LogP contribution in [0.3, 0.4) is 0 Å². The molecule has 4 aliphatic rings. The number of carbonyl (C=O) groups is 3. The summed E-state index contributed by atoms with van der Waals surface area (Å²) in [5.74, 6) is -4.55. The number of hydrogen-bond acceptors (Lipinski definition) is 7. The van der Waals surface area contributed by atoms with Crippen LogP contribution in [-0.4, -0.2) is 57.0 Å². The number of hydrogen-bond donors (Lipinski definition) is 3. The first kappa shape index (κ1) is 24.3. The average molecular weight is 474 g/mol. The van der Waals surface area contributed by atoms with E-state index in [0.29, 0.717) is 32.1 Å². The van der Waals surface area contributed by atoms with Crippen LogP contribution in [0.1, 0.15) is 58.8 Å². The van der Waals surface area contributed by atoms with Gasteiger partial charge >= 0.3 is 12.1 Å². The second kappa shape index (κ2) is 7.61. The zero-order valence-corrected chi connectivity index (χ0v) is 18.5. The number of ether oxygens (including phenoxy) is 1. The summed E-state index contributed by atoms with van der Waals surface area (Å²) >= 11 is 0. The standard InChI is InChI=1S/C23H29F3O7/c1-20-7-5-12(27)9-11(20)3-4-13-14-6-8-22(32,21(14,2)10-15(28)16(13)20)17(29)18(30)33-19(31)23(24,25)26/h9,13-16,18,28,30,32H,3-8,10H2,1-2H3/t13-,14-,15?,16+,18?,20-,21-,22-/m0/s1. The van der Waals surface area contributed by atoms with E-state index in [2.05, 4.69) is 4.74 Å². The van der Waals surface area contributed by atoms with Crippen LogP contribution in [0.4, 0.5) is 13.2 Å². The largest absolute Gasteiger partial charge is 0.491 e. The Kier molecular flexibility index (Phi) is 5.62. The van der Waals surface area contributed by atoms with Crippen LogP contribution in [0.2, 0.25) is 0 Å². The first-order chi connectivity index (χ1) is 15.1. The Morgan fingerprint density at radius 3 is 2.48 bits per heavy atom. The lowest BCUT2D eigenvalue weighted by molar-refractivity contribution is -0.227. The molecule has 0 aromatic rings. The number of carbonyl (C=O) groups excluding carboxylic acids is 3. The van der Waals surface area contributed by atoms with Gasteiger partial charge in [0.25, 0.3) is 6.29 Å². The summed E-state index contributed by atoms with van der Waals surface area (Å²) in [6.07, 6.45) is -4.87. The number of allylic oxidation sites excluding steroid dienone is 1. The third-order valence-corrected chi connectivity index (χ3v) is 9.13. The fraction of sp³-hybridized carbons (Fsp3) is 0.783. The second-order valence-corrected chi connectivity index (χ2v) is 10.6. The monoisotopic (exact) mass is 474 g/mol. The molecule has 184 valence electrons. The van der Waals surface area contributed by atoms with Gasteiger partial charge in [0.1, 0.15) is 5.60 Å². The molecule has 0 aliphatic heterocycles. The highest BCUT2D eigenvalue weighted by Gasteiger charge is 2.69. The lowest BCUT2D eigenvalue weighted by Crippen LogP contribution is -2.63. The van der Waals surface area contributed by atoms with E-state index in [1.54, 1.807) is 13.0 Å². The molecule has 4 rings (SSSR count). The molecule has 10 heteroatoms. The molecule has 0 saturated heterocycles. The maximum absolute atomic E-state index is 12.9. The van der Waals surface area contributed by atoms with Crippen molar-refractivity contribution in [3.05, 3.63) is 11.6 Å². The normalized spacial score (nSPS) is 43.6. The van der Waals surface area contributed by atoms with Crippen LogP contribution in [0.5, 0.6) is 0 Å². The lowest BCUT2D eigenvalue weighted by Gasteiger charge is -2.60. The second-order valence-electron chi connectivity index (χ2n) is 10.6. The minimum Gasteiger partial charge on any atom is -0.421 e. The van der Waals surface area contributed by atoms with E-state index in [1.807, 2.05) is 6.92 Å². The summed E-state index contributed by atoms with van der Waals surface area (Å²) in [5.41, 5.74) is -2.85. The van der Waals surface area contributed by atoms with Crippen molar-refractivity contribution in [2.24, 2.45) is 28.6 Å². The predicted molar refractivity (Wildman–Crippen MR) is 106 cm³/mol. The van der Waals surface area contributed by atoms with Crippen molar-refractivity contribution in [1.29, 1.82) is 0 Å². The minimum absolute atomic E-state index is 0.00216. The highest BCUT2D eigenvalue weighted by molar-refractivity contribution is 5.93. The van der Waals surface area contributed by atoms with Gasteiger partial charge in [0.15, 0.2) is 5.78 Å². The van der Waals surface area contributed by atoms with Crippen LogP contribution in [0.25, 0.3) is 0 Å². The number of alkyl halides is 3. The zero-order chi connectivity index (χ0) is 24.6. The Balaban J connectivity index is 1.62. The van der Waals surface area contributed by atoms with Gasteiger partial charge in [-0.2, -0.15) is 13.2 Å². The molecule has 2 unspecified atom stereocenters. The molecule has 0 aromatic carbocycles. The first-order valence-electron chi connectivity index (χ1n) is 11.3. The quantitative estimate of drug-likeness (QED) is 0.424. The van der Waals surface area contributed by atoms with E-state index in [9.17, 15) is 42.9 Å². The van der Waals surface area contributed by atoms with Crippen LogP contribution in [0, 0.1) is 28.6 Å². The molecule has 8 atom stereocenters. The molecule has 33 heavy (non-hydrogen) atoms. The average Bonchev–Trinajstić information content (AvgIpc) is 2.98. The van der Waals surface area contributed by atoms with Crippen molar-refractivity contribution in [2.75, 3.05) is 0 Å². The molecule has 3 saturated carbocycles. The molecular formula is C23H29F3O7. The summed E-state index contributed by atoms with van der Waals surface area (Å²) in [4.78, 5) is 36.0. The number of fused-ring (bicyclic) bond motifs is 5. The Labute approximate surface area is 189 Å². The Bertz CT molecular complexity index is 914. The van der Waals surface area contributed by atoms with Gasteiger partial charge in [-0.15, -0.1) is 0 Å². The minimum atomic E-state index is -5.40. The maximum atomic E-state index is 12.9. The van der Waals surface area contributed by atoms with Crippen LogP contribution in [0.15, 0.2) is 11.6 Å². The fourth-order valence-electron chi connectivity index (χ4n) is 7.52. The van der Waals surface area contributed by atoms with Gasteiger partial charge in [-0.25, -0.2) is 4.79 Å². The first-order valence-corrected chi connectivity index (χ1v) is 11.3. The van der Waals surface area contributed by atoms with Gasteiger partial charge in [0.2, 0.25) is 5.78 Å². The number of aliphatic hydroxyl groups is 3. The molecule has 7 nitrogen and oxygen atoms in total. The van der Waals surface area contributed by atoms with Crippen LogP contribution >= 0.6 is 0 Å². The van der Waals surface area contributed by atoms with Crippen molar-refractivity contribution < 1.29 is 47.6 Å². The molecule has 3 fully saturated rings. The lowest BCUT2D eigenvalue weighted by atomic mass is 9.45. The van der Waals surface area contributed by atoms with Crippen molar-refractivity contribution in [3.8, 4) is 0 Å². The third-order valence-electron chi connectivity index (χ3n) is 9.13. The number of Topliss-reactive ketones (excluding diaryl/α,β-unsaturated/α-hetero) is 1. The third kappa shape index (κ3) is 3.47. The molecule has 0 amide bonds. The summed E-state index contributed by atoms with van der Waals surface area (Å²) in [6, 6.07) is 0. The Hall–Kier alpha value is -1.78. The van der Waals surface area contributed by atoms with Crippen molar-refractivity contribution >= 4 is 17.5 Å². The molecule has 0 spiro atoms. The predicted octanol–water partition coefficient (Wildman–Crippen LogP) is 2.21. The number of aliphatic hydroxyl groups excluding tert-OH is 2. The molecular weight excluding hydrogens is 445 g/mol. The Morgan fingerprint density at radius 1 is 1.18 bits per heavy atom. The van der Waals surface area contributed by atoms with E-state index in [-0.39, 0.29) is 41.8 Å². The van der Waals surface area contributed by atoms with Gasteiger partial charge < -0.3 is 20.1 Å². The Morgan fingerprint density at radius 2 is 1.85 bits per heavy atom. The molecule has 0 aromatic heterocycles. The smallest absolute Gasteiger partial charge is 0.421 e. The van der Waals surface area contributed by atoms with Crippen molar-refractivity contribution in [1.82, 2.24) is 0 Å².